The topological polar surface area (TPSA) is 54.9 Å². The van der Waals surface area contributed by atoms with Gasteiger partial charge in [0.2, 0.25) is 5.95 Å². The van der Waals surface area contributed by atoms with Crippen molar-refractivity contribution in [3.8, 4) is 0 Å². The number of aromatic nitrogens is 2. The number of aryl methyl sites for hydroxylation is 2. The molecule has 0 amide bonds. The number of nitrogens with one attached hydrogen (secondary N) is 1. The second kappa shape index (κ2) is 4.95. The number of nitrogens with zero attached hydrogens (tertiary/aromatic N) is 2. The van der Waals surface area contributed by atoms with Crippen molar-refractivity contribution >= 4 is 22.8 Å². The van der Waals surface area contributed by atoms with E-state index in [1.165, 1.54) is 18.7 Å². The van der Waals surface area contributed by atoms with Gasteiger partial charge in [-0.3, -0.25) is 4.79 Å². The number of carbonyl (C=O) groups is 1. The molecule has 5 heteroatoms. The first-order valence-corrected chi connectivity index (χ1v) is 5.26. The molecule has 0 saturated heterocycles. The zero-order valence-corrected chi connectivity index (χ0v) is 9.31. The lowest BCUT2D eigenvalue weighted by atomic mass is 10.4. The lowest BCUT2D eigenvalue weighted by molar-refractivity contribution is -0.109. The van der Waals surface area contributed by atoms with E-state index >= 15 is 0 Å². The van der Waals surface area contributed by atoms with E-state index in [1.54, 1.807) is 0 Å². The van der Waals surface area contributed by atoms with Gasteiger partial charge in [-0.05, 0) is 19.9 Å². The van der Waals surface area contributed by atoms with Crippen LogP contribution in [0.25, 0.3) is 0 Å². The average Bonchev–Trinajstić information content (AvgIpc) is 2.01. The minimum Gasteiger partial charge on any atom is -0.345 e. The lowest BCUT2D eigenvalue weighted by Crippen LogP contribution is -2.05. The smallest absolute Gasteiger partial charge is 0.223 e. The molecule has 0 bridgehead atoms. The minimum absolute atomic E-state index is 0.0851. The van der Waals surface area contributed by atoms with Gasteiger partial charge in [0, 0.05) is 18.3 Å². The van der Waals surface area contributed by atoms with Crippen LogP contribution < -0.4 is 5.32 Å². The molecule has 1 N–H and O–H groups in total. The molecule has 0 spiro atoms. The maximum Gasteiger partial charge on any atom is 0.223 e. The van der Waals surface area contributed by atoms with Crippen LogP contribution in [0.2, 0.25) is 0 Å². The quantitative estimate of drug-likeness (QED) is 0.772. The van der Waals surface area contributed by atoms with Crippen LogP contribution in [0.3, 0.4) is 0 Å². The number of hydrogen-bond acceptors (Lipinski definition) is 5. The monoisotopic (exact) mass is 211 g/mol. The van der Waals surface area contributed by atoms with E-state index in [4.69, 9.17) is 0 Å². The highest BCUT2D eigenvalue weighted by atomic mass is 32.2. The van der Waals surface area contributed by atoms with Crippen molar-refractivity contribution in [1.82, 2.24) is 9.97 Å². The molecule has 0 fully saturated rings. The Balaban J connectivity index is 2.54. The van der Waals surface area contributed by atoms with Crippen LogP contribution in [-0.4, -0.2) is 21.0 Å². The molecule has 0 saturated carbocycles. The second-order valence-electron chi connectivity index (χ2n) is 2.93. The minimum atomic E-state index is 0.0851. The van der Waals surface area contributed by atoms with Crippen LogP contribution in [0.4, 0.5) is 5.95 Å². The number of hydrogen-bond donors (Lipinski definition) is 1. The van der Waals surface area contributed by atoms with Crippen LogP contribution in [0.15, 0.2) is 6.07 Å². The predicted octanol–water partition coefficient (Wildman–Crippen LogP) is 1.74. The number of rotatable bonds is 3. The maximum atomic E-state index is 10.6. The van der Waals surface area contributed by atoms with Crippen molar-refractivity contribution in [1.29, 1.82) is 0 Å². The van der Waals surface area contributed by atoms with Crippen LogP contribution in [0.5, 0.6) is 0 Å². The highest BCUT2D eigenvalue weighted by Crippen LogP contribution is 2.06. The Morgan fingerprint density at radius 1 is 1.43 bits per heavy atom. The molecular weight excluding hydrogens is 198 g/mol. The van der Waals surface area contributed by atoms with Crippen LogP contribution in [-0.2, 0) is 4.79 Å². The summed E-state index contributed by atoms with van der Waals surface area (Å²) in [4.78, 5) is 19.0. The third-order valence-corrected chi connectivity index (χ3v) is 2.18. The standard InChI is InChI=1S/C9H13N3OS/c1-6-4-7(2)12-9(11-6)10-5-14-8(3)13/h4H,5H2,1-3H3,(H,10,11,12). The summed E-state index contributed by atoms with van der Waals surface area (Å²) in [6, 6.07) is 1.91. The van der Waals surface area contributed by atoms with Crippen LogP contribution in [0.1, 0.15) is 18.3 Å². The molecule has 14 heavy (non-hydrogen) atoms. The van der Waals surface area contributed by atoms with Crippen molar-refractivity contribution in [2.75, 3.05) is 11.2 Å². The first-order chi connectivity index (χ1) is 6.58. The summed E-state index contributed by atoms with van der Waals surface area (Å²) in [5.41, 5.74) is 1.85. The van der Waals surface area contributed by atoms with Gasteiger partial charge in [-0.1, -0.05) is 11.8 Å². The molecule has 0 aromatic carbocycles. The number of anilines is 1. The van der Waals surface area contributed by atoms with E-state index < -0.39 is 0 Å². The molecule has 0 aliphatic carbocycles. The van der Waals surface area contributed by atoms with E-state index in [1.807, 2.05) is 19.9 Å². The zero-order chi connectivity index (χ0) is 10.6. The molecule has 0 aliphatic rings. The fourth-order valence-corrected chi connectivity index (χ4v) is 1.41. The molecule has 1 rings (SSSR count). The summed E-state index contributed by atoms with van der Waals surface area (Å²) in [7, 11) is 0. The fourth-order valence-electron chi connectivity index (χ4n) is 1.01. The molecule has 0 unspecified atom stereocenters. The van der Waals surface area contributed by atoms with E-state index in [9.17, 15) is 4.79 Å². The summed E-state index contributed by atoms with van der Waals surface area (Å²) in [6.07, 6.45) is 0. The Labute approximate surface area is 87.5 Å². The first-order valence-electron chi connectivity index (χ1n) is 4.27. The van der Waals surface area contributed by atoms with Crippen LogP contribution in [0, 0.1) is 13.8 Å². The molecule has 0 atom stereocenters. The van der Waals surface area contributed by atoms with Gasteiger partial charge in [0.25, 0.3) is 0 Å². The van der Waals surface area contributed by atoms with Crippen molar-refractivity contribution in [3.63, 3.8) is 0 Å². The number of thioether (sulfide) groups is 1. The van der Waals surface area contributed by atoms with Gasteiger partial charge in [0.15, 0.2) is 5.12 Å². The third-order valence-electron chi connectivity index (χ3n) is 1.49. The normalized spacial score (nSPS) is 9.93. The van der Waals surface area contributed by atoms with Crippen LogP contribution >= 0.6 is 11.8 Å². The first kappa shape index (κ1) is 11.0. The molecule has 0 aliphatic heterocycles. The van der Waals surface area contributed by atoms with Gasteiger partial charge in [-0.2, -0.15) is 0 Å². The maximum absolute atomic E-state index is 10.6. The van der Waals surface area contributed by atoms with Gasteiger partial charge in [0.05, 0.1) is 5.88 Å². The molecule has 4 nitrogen and oxygen atoms in total. The summed E-state index contributed by atoms with van der Waals surface area (Å²) < 4.78 is 0. The zero-order valence-electron chi connectivity index (χ0n) is 8.50. The Hall–Kier alpha value is -1.10. The molecular formula is C9H13N3OS. The third kappa shape index (κ3) is 3.74. The molecule has 1 aromatic heterocycles. The Morgan fingerprint density at radius 3 is 2.50 bits per heavy atom. The Kier molecular flexibility index (Phi) is 3.88. The Morgan fingerprint density at radius 2 is 2.00 bits per heavy atom. The predicted molar refractivity (Wildman–Crippen MR) is 58.3 cm³/mol. The van der Waals surface area contributed by atoms with Crippen molar-refractivity contribution in [3.05, 3.63) is 17.5 Å². The fraction of sp³-hybridized carbons (Fsp3) is 0.444. The molecule has 76 valence electrons. The van der Waals surface area contributed by atoms with Gasteiger partial charge in [-0.15, -0.1) is 0 Å². The molecule has 1 heterocycles. The van der Waals surface area contributed by atoms with E-state index in [0.29, 0.717) is 11.8 Å². The SMILES string of the molecule is CC(=O)SCNc1nc(C)cc(C)n1. The van der Waals surface area contributed by atoms with Gasteiger partial charge < -0.3 is 5.32 Å². The highest BCUT2D eigenvalue weighted by Gasteiger charge is 1.99. The Bertz CT molecular complexity index is 321. The largest absolute Gasteiger partial charge is 0.345 e. The number of carbonyl (C=O) groups excluding carboxylic acids is 1. The molecule has 0 radical (unpaired) electrons. The van der Waals surface area contributed by atoms with Crippen molar-refractivity contribution in [2.45, 2.75) is 20.8 Å². The summed E-state index contributed by atoms with van der Waals surface area (Å²) >= 11 is 1.21. The van der Waals surface area contributed by atoms with Crippen molar-refractivity contribution in [2.24, 2.45) is 0 Å². The highest BCUT2D eigenvalue weighted by molar-refractivity contribution is 8.13. The molecule has 1 aromatic rings. The van der Waals surface area contributed by atoms with Gasteiger partial charge in [0.1, 0.15) is 0 Å². The second-order valence-corrected chi connectivity index (χ2v) is 4.08. The summed E-state index contributed by atoms with van der Waals surface area (Å²) in [5.74, 6) is 1.09. The van der Waals surface area contributed by atoms with Crippen molar-refractivity contribution < 1.29 is 4.79 Å². The van der Waals surface area contributed by atoms with E-state index in [-0.39, 0.29) is 5.12 Å². The lowest BCUT2D eigenvalue weighted by Gasteiger charge is -2.04. The summed E-state index contributed by atoms with van der Waals surface area (Å²) in [6.45, 7) is 5.37. The van der Waals surface area contributed by atoms with E-state index in [2.05, 4.69) is 15.3 Å². The average molecular weight is 211 g/mol. The van der Waals surface area contributed by atoms with E-state index in [0.717, 1.165) is 11.4 Å². The summed E-state index contributed by atoms with van der Waals surface area (Å²) in [5, 5.41) is 3.06. The van der Waals surface area contributed by atoms with Gasteiger partial charge in [-0.25, -0.2) is 9.97 Å². The van der Waals surface area contributed by atoms with Gasteiger partial charge >= 0.3 is 0 Å².